The van der Waals surface area contributed by atoms with Crippen molar-refractivity contribution in [3.05, 3.63) is 57.6 Å². The molecule has 1 heterocycles. The Hall–Kier alpha value is -2.48. The smallest absolute Gasteiger partial charge is 0.335 e. The molecule has 0 saturated carbocycles. The molecular formula is C21H22Cl2N2O5. The van der Waals surface area contributed by atoms with E-state index in [0.717, 1.165) is 19.6 Å². The highest BCUT2D eigenvalue weighted by Gasteiger charge is 2.23. The van der Waals surface area contributed by atoms with E-state index in [2.05, 4.69) is 4.90 Å². The molecule has 0 atom stereocenters. The molecule has 30 heavy (non-hydrogen) atoms. The molecule has 1 fully saturated rings. The molecule has 0 aromatic heterocycles. The molecule has 160 valence electrons. The molecule has 3 rings (SSSR count). The first-order valence-corrected chi connectivity index (χ1v) is 10.1. The van der Waals surface area contributed by atoms with E-state index in [9.17, 15) is 9.59 Å². The quantitative estimate of drug-likeness (QED) is 0.692. The van der Waals surface area contributed by atoms with Crippen LogP contribution in [0, 0.1) is 0 Å². The van der Waals surface area contributed by atoms with E-state index in [1.165, 1.54) is 24.8 Å². The van der Waals surface area contributed by atoms with Gasteiger partial charge in [0.15, 0.2) is 18.1 Å². The fraction of sp³-hybridized carbons (Fsp3) is 0.333. The number of halogens is 2. The molecule has 0 bridgehead atoms. The van der Waals surface area contributed by atoms with Crippen molar-refractivity contribution in [1.29, 1.82) is 0 Å². The summed E-state index contributed by atoms with van der Waals surface area (Å²) in [6.07, 6.45) is 0. The molecule has 0 radical (unpaired) electrons. The number of carboxylic acids is 1. The molecule has 1 N–H and O–H groups in total. The summed E-state index contributed by atoms with van der Waals surface area (Å²) in [5, 5.41) is 9.90. The van der Waals surface area contributed by atoms with Crippen molar-refractivity contribution in [1.82, 2.24) is 9.80 Å². The summed E-state index contributed by atoms with van der Waals surface area (Å²) < 4.78 is 10.7. The van der Waals surface area contributed by atoms with E-state index >= 15 is 0 Å². The standard InChI is InChI=1S/C21H22Cl2N2O5/c1-29-18-11-15(21(27)28)10-17(23)20(18)30-13-19(26)25-8-6-24(7-9-25)12-14-2-4-16(22)5-3-14/h2-5,10-11H,6-9,12-13H2,1H3,(H,27,28). The molecule has 2 aromatic carbocycles. The third-order valence-corrected chi connectivity index (χ3v) is 5.39. The minimum Gasteiger partial charge on any atom is -0.493 e. The minimum atomic E-state index is -1.13. The van der Waals surface area contributed by atoms with Gasteiger partial charge in [0.25, 0.3) is 5.91 Å². The number of aromatic carboxylic acids is 1. The van der Waals surface area contributed by atoms with Gasteiger partial charge < -0.3 is 19.5 Å². The Morgan fingerprint density at radius 2 is 1.73 bits per heavy atom. The van der Waals surface area contributed by atoms with Gasteiger partial charge in [-0.15, -0.1) is 0 Å². The van der Waals surface area contributed by atoms with Gasteiger partial charge in [-0.3, -0.25) is 9.69 Å². The second kappa shape index (κ2) is 10.0. The predicted octanol–water partition coefficient (Wildman–Crippen LogP) is 3.42. The van der Waals surface area contributed by atoms with Crippen LogP contribution in [-0.2, 0) is 11.3 Å². The number of ether oxygens (including phenoxy) is 2. The van der Waals surface area contributed by atoms with E-state index in [1.807, 2.05) is 24.3 Å². The van der Waals surface area contributed by atoms with Crippen LogP contribution in [0.1, 0.15) is 15.9 Å². The summed E-state index contributed by atoms with van der Waals surface area (Å²) in [5.74, 6) is -0.977. The van der Waals surface area contributed by atoms with Gasteiger partial charge in [0, 0.05) is 37.7 Å². The van der Waals surface area contributed by atoms with Crippen molar-refractivity contribution in [2.75, 3.05) is 39.9 Å². The van der Waals surface area contributed by atoms with Gasteiger partial charge >= 0.3 is 5.97 Å². The van der Waals surface area contributed by atoms with Crippen molar-refractivity contribution < 1.29 is 24.2 Å². The van der Waals surface area contributed by atoms with Gasteiger partial charge in [-0.2, -0.15) is 0 Å². The van der Waals surface area contributed by atoms with Crippen molar-refractivity contribution in [2.24, 2.45) is 0 Å². The van der Waals surface area contributed by atoms with Crippen LogP contribution in [0.15, 0.2) is 36.4 Å². The molecule has 7 nitrogen and oxygen atoms in total. The van der Waals surface area contributed by atoms with Crippen molar-refractivity contribution in [2.45, 2.75) is 6.54 Å². The summed E-state index contributed by atoms with van der Waals surface area (Å²) in [4.78, 5) is 27.7. The van der Waals surface area contributed by atoms with Crippen molar-refractivity contribution in [3.8, 4) is 11.5 Å². The zero-order valence-electron chi connectivity index (χ0n) is 16.4. The minimum absolute atomic E-state index is 0.0210. The zero-order chi connectivity index (χ0) is 21.7. The average molecular weight is 453 g/mol. The molecule has 2 aromatic rings. The van der Waals surface area contributed by atoms with Gasteiger partial charge in [0.1, 0.15) is 0 Å². The molecule has 1 amide bonds. The zero-order valence-corrected chi connectivity index (χ0v) is 17.9. The van der Waals surface area contributed by atoms with E-state index in [4.69, 9.17) is 37.8 Å². The number of hydrogen-bond donors (Lipinski definition) is 1. The topological polar surface area (TPSA) is 79.3 Å². The maximum atomic E-state index is 12.5. The number of benzene rings is 2. The largest absolute Gasteiger partial charge is 0.493 e. The molecule has 1 aliphatic heterocycles. The van der Waals surface area contributed by atoms with E-state index in [0.29, 0.717) is 18.1 Å². The van der Waals surface area contributed by atoms with Gasteiger partial charge in [-0.05, 0) is 29.8 Å². The van der Waals surface area contributed by atoms with Crippen LogP contribution in [0.25, 0.3) is 0 Å². The lowest BCUT2D eigenvalue weighted by molar-refractivity contribution is -0.135. The summed E-state index contributed by atoms with van der Waals surface area (Å²) >= 11 is 12.0. The van der Waals surface area contributed by atoms with E-state index in [1.54, 1.807) is 4.90 Å². The van der Waals surface area contributed by atoms with Crippen LogP contribution in [0.4, 0.5) is 0 Å². The van der Waals surface area contributed by atoms with Crippen LogP contribution in [0.2, 0.25) is 10.0 Å². The van der Waals surface area contributed by atoms with E-state index < -0.39 is 5.97 Å². The Morgan fingerprint density at radius 3 is 2.33 bits per heavy atom. The number of hydrogen-bond acceptors (Lipinski definition) is 5. The predicted molar refractivity (Wildman–Crippen MR) is 114 cm³/mol. The SMILES string of the molecule is COc1cc(C(=O)O)cc(Cl)c1OCC(=O)N1CCN(Cc2ccc(Cl)cc2)CC1. The first-order valence-electron chi connectivity index (χ1n) is 9.35. The normalized spacial score (nSPS) is 14.4. The number of rotatable bonds is 7. The molecule has 0 aliphatic carbocycles. The number of carboxylic acid groups (broad SMARTS) is 1. The number of carbonyl (C=O) groups excluding carboxylic acids is 1. The number of carbonyl (C=O) groups is 2. The van der Waals surface area contributed by atoms with Gasteiger partial charge in [0.05, 0.1) is 17.7 Å². The summed E-state index contributed by atoms with van der Waals surface area (Å²) in [6.45, 7) is 3.30. The van der Waals surface area contributed by atoms with Crippen LogP contribution in [0.5, 0.6) is 11.5 Å². The summed E-state index contributed by atoms with van der Waals surface area (Å²) in [5.41, 5.74) is 1.15. The Kier molecular flexibility index (Phi) is 7.42. The monoisotopic (exact) mass is 452 g/mol. The number of amides is 1. The van der Waals surface area contributed by atoms with E-state index in [-0.39, 0.29) is 34.6 Å². The Morgan fingerprint density at radius 1 is 1.07 bits per heavy atom. The molecule has 0 spiro atoms. The number of piperazine rings is 1. The Labute approximate surface area is 184 Å². The van der Waals surface area contributed by atoms with Crippen LogP contribution in [0.3, 0.4) is 0 Å². The van der Waals surface area contributed by atoms with Crippen molar-refractivity contribution in [3.63, 3.8) is 0 Å². The van der Waals surface area contributed by atoms with Crippen LogP contribution < -0.4 is 9.47 Å². The highest BCUT2D eigenvalue weighted by atomic mass is 35.5. The maximum Gasteiger partial charge on any atom is 0.335 e. The highest BCUT2D eigenvalue weighted by molar-refractivity contribution is 6.32. The lowest BCUT2D eigenvalue weighted by atomic mass is 10.2. The average Bonchev–Trinajstić information content (AvgIpc) is 2.74. The molecular weight excluding hydrogens is 431 g/mol. The van der Waals surface area contributed by atoms with Gasteiger partial charge in [-0.25, -0.2) is 4.79 Å². The number of methoxy groups -OCH3 is 1. The summed E-state index contributed by atoms with van der Waals surface area (Å²) in [6, 6.07) is 10.3. The maximum absolute atomic E-state index is 12.5. The van der Waals surface area contributed by atoms with Crippen molar-refractivity contribution >= 4 is 35.1 Å². The fourth-order valence-electron chi connectivity index (χ4n) is 3.21. The van der Waals surface area contributed by atoms with Crippen LogP contribution >= 0.6 is 23.2 Å². The third kappa shape index (κ3) is 5.56. The Bertz CT molecular complexity index is 912. The second-order valence-corrected chi connectivity index (χ2v) is 7.71. The highest BCUT2D eigenvalue weighted by Crippen LogP contribution is 2.36. The van der Waals surface area contributed by atoms with Gasteiger partial charge in [-0.1, -0.05) is 35.3 Å². The Balaban J connectivity index is 1.53. The molecule has 9 heteroatoms. The first-order chi connectivity index (χ1) is 14.4. The summed E-state index contributed by atoms with van der Waals surface area (Å²) in [7, 11) is 1.38. The molecule has 1 saturated heterocycles. The lowest BCUT2D eigenvalue weighted by Crippen LogP contribution is -2.49. The third-order valence-electron chi connectivity index (χ3n) is 4.86. The molecule has 1 aliphatic rings. The fourth-order valence-corrected chi connectivity index (χ4v) is 3.60. The second-order valence-electron chi connectivity index (χ2n) is 6.87. The molecule has 0 unspecified atom stereocenters. The van der Waals surface area contributed by atoms with Gasteiger partial charge in [0.2, 0.25) is 0 Å². The van der Waals surface area contributed by atoms with Crippen LogP contribution in [-0.4, -0.2) is 66.7 Å². The first kappa shape index (κ1) is 22.2. The number of nitrogens with zero attached hydrogens (tertiary/aromatic N) is 2. The lowest BCUT2D eigenvalue weighted by Gasteiger charge is -2.34.